The number of hydrazine groups is 1. The number of hydrogen-bond donors (Lipinski definition) is 3. The van der Waals surface area contributed by atoms with Gasteiger partial charge in [-0.1, -0.05) is 72.8 Å². The molecule has 0 bridgehead atoms. The number of nitrogens with zero attached hydrogens (tertiary/aromatic N) is 1. The molecule has 0 radical (unpaired) electrons. The summed E-state index contributed by atoms with van der Waals surface area (Å²) in [5.41, 5.74) is 6.88. The molecular formula is C27H24N4O5. The largest absolute Gasteiger partial charge is 0.483 e. The molecule has 0 saturated carbocycles. The monoisotopic (exact) mass is 484 g/mol. The van der Waals surface area contributed by atoms with Crippen LogP contribution in [0.4, 0.5) is 4.79 Å². The molecule has 9 heteroatoms. The predicted octanol–water partition coefficient (Wildman–Crippen LogP) is 2.27. The van der Waals surface area contributed by atoms with Gasteiger partial charge in [-0.2, -0.15) is 0 Å². The van der Waals surface area contributed by atoms with Crippen molar-refractivity contribution in [2.45, 2.75) is 18.4 Å². The fraction of sp³-hybridized carbons (Fsp3) is 0.185. The Hall–Kier alpha value is -4.66. The molecule has 1 atom stereocenters. The van der Waals surface area contributed by atoms with E-state index < -0.39 is 35.8 Å². The smallest absolute Gasteiger partial charge is 0.325 e. The quantitative estimate of drug-likeness (QED) is 0.367. The standard InChI is InChI=1S/C27H24N4O5/c32-23(16-31-25(34)27(28-26(31)35)15-14-19-10-4-6-12-21(19)27)29-30-24(33)17-36-22-13-7-5-11-20(22)18-8-2-1-3-9-18/h1-13H,14-17H2,(H,28,35)(H,29,32)(H,30,33)/t27-/m1/s1. The van der Waals surface area contributed by atoms with Gasteiger partial charge in [-0.05, 0) is 35.6 Å². The number of carbonyl (C=O) groups is 4. The van der Waals surface area contributed by atoms with E-state index in [0.29, 0.717) is 18.6 Å². The topological polar surface area (TPSA) is 117 Å². The van der Waals surface area contributed by atoms with Crippen LogP contribution in [-0.4, -0.2) is 41.8 Å². The van der Waals surface area contributed by atoms with E-state index in [9.17, 15) is 19.2 Å². The maximum atomic E-state index is 13.1. The Morgan fingerprint density at radius 1 is 0.889 bits per heavy atom. The van der Waals surface area contributed by atoms with Gasteiger partial charge in [0.25, 0.3) is 17.7 Å². The number of carbonyl (C=O) groups excluding carboxylic acids is 4. The highest BCUT2D eigenvalue weighted by atomic mass is 16.5. The summed E-state index contributed by atoms with van der Waals surface area (Å²) >= 11 is 0. The molecule has 1 spiro atoms. The minimum absolute atomic E-state index is 0.340. The van der Waals surface area contributed by atoms with Crippen molar-refractivity contribution in [3.63, 3.8) is 0 Å². The number of fused-ring (bicyclic) bond motifs is 2. The first-order valence-corrected chi connectivity index (χ1v) is 11.6. The van der Waals surface area contributed by atoms with Crippen molar-refractivity contribution in [1.82, 2.24) is 21.1 Å². The van der Waals surface area contributed by atoms with Crippen molar-refractivity contribution in [2.75, 3.05) is 13.2 Å². The van der Waals surface area contributed by atoms with Crippen molar-refractivity contribution in [3.8, 4) is 16.9 Å². The Labute approximate surface area is 207 Å². The third-order valence-corrected chi connectivity index (χ3v) is 6.40. The highest BCUT2D eigenvalue weighted by molar-refractivity contribution is 6.10. The molecule has 5 rings (SSSR count). The molecule has 3 aromatic rings. The fourth-order valence-electron chi connectivity index (χ4n) is 4.68. The van der Waals surface area contributed by atoms with Crippen LogP contribution in [0.2, 0.25) is 0 Å². The van der Waals surface area contributed by atoms with Gasteiger partial charge in [-0.25, -0.2) is 4.79 Å². The van der Waals surface area contributed by atoms with Gasteiger partial charge in [0.2, 0.25) is 0 Å². The molecule has 1 aliphatic heterocycles. The zero-order valence-corrected chi connectivity index (χ0v) is 19.3. The molecule has 0 aromatic heterocycles. The van der Waals surface area contributed by atoms with E-state index >= 15 is 0 Å². The Kier molecular flexibility index (Phi) is 6.12. The second kappa shape index (κ2) is 9.53. The zero-order chi connectivity index (χ0) is 25.1. The van der Waals surface area contributed by atoms with Crippen molar-refractivity contribution in [1.29, 1.82) is 0 Å². The first-order chi connectivity index (χ1) is 17.5. The molecule has 9 nitrogen and oxygen atoms in total. The molecule has 1 heterocycles. The maximum absolute atomic E-state index is 13.1. The number of ether oxygens (including phenoxy) is 1. The van der Waals surface area contributed by atoms with Gasteiger partial charge in [0.05, 0.1) is 0 Å². The average Bonchev–Trinajstić information content (AvgIpc) is 3.39. The first kappa shape index (κ1) is 23.1. The van der Waals surface area contributed by atoms with E-state index in [0.717, 1.165) is 27.2 Å². The summed E-state index contributed by atoms with van der Waals surface area (Å²) in [6.45, 7) is -0.861. The fourth-order valence-corrected chi connectivity index (χ4v) is 4.68. The van der Waals surface area contributed by atoms with Gasteiger partial charge in [0, 0.05) is 5.56 Å². The van der Waals surface area contributed by atoms with E-state index in [2.05, 4.69) is 16.2 Å². The van der Waals surface area contributed by atoms with E-state index in [-0.39, 0.29) is 6.61 Å². The molecule has 1 saturated heterocycles. The van der Waals surface area contributed by atoms with Gasteiger partial charge in [-0.15, -0.1) is 0 Å². The summed E-state index contributed by atoms with van der Waals surface area (Å²) < 4.78 is 5.66. The van der Waals surface area contributed by atoms with Crippen LogP contribution in [0.5, 0.6) is 5.75 Å². The second-order valence-electron chi connectivity index (χ2n) is 8.63. The lowest BCUT2D eigenvalue weighted by Gasteiger charge is -2.22. The second-order valence-corrected chi connectivity index (χ2v) is 8.63. The Balaban J connectivity index is 1.15. The molecule has 5 amide bonds. The number of para-hydroxylation sites is 1. The van der Waals surface area contributed by atoms with Crippen LogP contribution in [0.3, 0.4) is 0 Å². The molecule has 1 fully saturated rings. The molecule has 1 aliphatic carbocycles. The predicted molar refractivity (Wildman–Crippen MR) is 130 cm³/mol. The highest BCUT2D eigenvalue weighted by Crippen LogP contribution is 2.41. The molecule has 3 aromatic carbocycles. The lowest BCUT2D eigenvalue weighted by atomic mass is 9.92. The summed E-state index contributed by atoms with van der Waals surface area (Å²) in [5, 5.41) is 2.76. The van der Waals surface area contributed by atoms with Gasteiger partial charge in [-0.3, -0.25) is 30.1 Å². The Morgan fingerprint density at radius 3 is 2.42 bits per heavy atom. The van der Waals surface area contributed by atoms with Gasteiger partial charge >= 0.3 is 6.03 Å². The van der Waals surface area contributed by atoms with Crippen LogP contribution >= 0.6 is 0 Å². The summed E-state index contributed by atoms with van der Waals surface area (Å²) in [6, 6.07) is 23.7. The van der Waals surface area contributed by atoms with Crippen LogP contribution in [0.15, 0.2) is 78.9 Å². The Morgan fingerprint density at radius 2 is 1.58 bits per heavy atom. The third-order valence-electron chi connectivity index (χ3n) is 6.40. The van der Waals surface area contributed by atoms with Crippen molar-refractivity contribution in [3.05, 3.63) is 90.0 Å². The molecule has 2 aliphatic rings. The van der Waals surface area contributed by atoms with E-state index in [1.54, 1.807) is 12.1 Å². The number of benzene rings is 3. The molecular weight excluding hydrogens is 460 g/mol. The normalized spacial score (nSPS) is 18.1. The van der Waals surface area contributed by atoms with Crippen LogP contribution in [0, 0.1) is 0 Å². The van der Waals surface area contributed by atoms with E-state index in [1.165, 1.54) is 0 Å². The zero-order valence-electron chi connectivity index (χ0n) is 19.3. The molecule has 182 valence electrons. The number of aryl methyl sites for hydroxylation is 1. The van der Waals surface area contributed by atoms with Crippen LogP contribution < -0.4 is 20.9 Å². The first-order valence-electron chi connectivity index (χ1n) is 11.6. The van der Waals surface area contributed by atoms with Gasteiger partial charge in [0.15, 0.2) is 6.61 Å². The lowest BCUT2D eigenvalue weighted by molar-refractivity contribution is -0.136. The van der Waals surface area contributed by atoms with Crippen LogP contribution in [0.1, 0.15) is 17.5 Å². The average molecular weight is 485 g/mol. The van der Waals surface area contributed by atoms with Crippen LogP contribution in [0.25, 0.3) is 11.1 Å². The SMILES string of the molecule is O=C(COc1ccccc1-c1ccccc1)NNC(=O)CN1C(=O)N[C@@]2(CCc3ccccc32)C1=O. The van der Waals surface area contributed by atoms with Crippen molar-refractivity contribution in [2.24, 2.45) is 0 Å². The highest BCUT2D eigenvalue weighted by Gasteiger charge is 2.55. The van der Waals surface area contributed by atoms with Gasteiger partial charge < -0.3 is 10.1 Å². The van der Waals surface area contributed by atoms with Crippen molar-refractivity contribution < 1.29 is 23.9 Å². The number of amides is 5. The minimum atomic E-state index is -1.14. The van der Waals surface area contributed by atoms with Crippen molar-refractivity contribution >= 4 is 23.8 Å². The number of imide groups is 1. The number of nitrogens with one attached hydrogen (secondary N) is 3. The maximum Gasteiger partial charge on any atom is 0.325 e. The van der Waals surface area contributed by atoms with E-state index in [1.807, 2.05) is 66.7 Å². The minimum Gasteiger partial charge on any atom is -0.483 e. The number of rotatable bonds is 6. The third kappa shape index (κ3) is 4.26. The number of urea groups is 1. The molecule has 0 unspecified atom stereocenters. The summed E-state index contributed by atoms with van der Waals surface area (Å²) in [6.07, 6.45) is 1.10. The van der Waals surface area contributed by atoms with Gasteiger partial charge in [0.1, 0.15) is 17.8 Å². The number of hydrogen-bond acceptors (Lipinski definition) is 5. The summed E-state index contributed by atoms with van der Waals surface area (Å²) in [7, 11) is 0. The summed E-state index contributed by atoms with van der Waals surface area (Å²) in [4.78, 5) is 51.2. The summed E-state index contributed by atoms with van der Waals surface area (Å²) in [5.74, 6) is -1.25. The van der Waals surface area contributed by atoms with E-state index in [4.69, 9.17) is 4.74 Å². The molecule has 36 heavy (non-hydrogen) atoms. The lowest BCUT2D eigenvalue weighted by Crippen LogP contribution is -2.49. The Bertz CT molecular complexity index is 1340. The molecule has 3 N–H and O–H groups in total. The van der Waals surface area contributed by atoms with Crippen LogP contribution in [-0.2, 0) is 26.3 Å².